The van der Waals surface area contributed by atoms with E-state index in [2.05, 4.69) is 70.5 Å². The number of hydrogen-bond donors (Lipinski definition) is 0. The van der Waals surface area contributed by atoms with Crippen LogP contribution in [0.15, 0.2) is 59.1 Å². The van der Waals surface area contributed by atoms with Gasteiger partial charge in [0.25, 0.3) is 0 Å². The van der Waals surface area contributed by atoms with E-state index in [9.17, 15) is 0 Å². The van der Waals surface area contributed by atoms with E-state index >= 15 is 0 Å². The van der Waals surface area contributed by atoms with Crippen LogP contribution in [0.25, 0.3) is 0 Å². The van der Waals surface area contributed by atoms with Crippen molar-refractivity contribution in [3.8, 4) is 0 Å². The molecule has 0 aliphatic carbocycles. The molecule has 17 heavy (non-hydrogen) atoms. The third-order valence-corrected chi connectivity index (χ3v) is 4.12. The van der Waals surface area contributed by atoms with E-state index in [1.54, 1.807) is 0 Å². The molecule has 88 valence electrons. The molecule has 0 aliphatic heterocycles. The second-order valence-corrected chi connectivity index (χ2v) is 5.94. The molecule has 0 unspecified atom stereocenters. The van der Waals surface area contributed by atoms with Crippen LogP contribution in [0.3, 0.4) is 0 Å². The molecule has 0 nitrogen and oxygen atoms in total. The minimum Gasteiger partial charge on any atom is -0.157 e. The van der Waals surface area contributed by atoms with Crippen molar-refractivity contribution in [1.82, 2.24) is 0 Å². The highest BCUT2D eigenvalue weighted by Crippen LogP contribution is 2.15. The average Bonchev–Trinajstić information content (AvgIpc) is 2.38. The third-order valence-electron chi connectivity index (χ3n) is 2.56. The minimum atomic E-state index is 1.11. The Morgan fingerprint density at radius 2 is 1.53 bits per heavy atom. The predicted octanol–water partition coefficient (Wildman–Crippen LogP) is 4.93. The summed E-state index contributed by atoms with van der Waals surface area (Å²) in [7, 11) is 0. The van der Waals surface area contributed by atoms with Gasteiger partial charge in [-0.05, 0) is 35.4 Å². The highest BCUT2D eigenvalue weighted by molar-refractivity contribution is 9.10. The molecule has 2 aromatic carbocycles. The molecular formula is C15H15BrS. The molecule has 0 saturated heterocycles. The summed E-state index contributed by atoms with van der Waals surface area (Å²) in [6.45, 7) is 0. The number of thioether (sulfide) groups is 1. The molecule has 0 aliphatic rings. The highest BCUT2D eigenvalue weighted by Gasteiger charge is 1.95. The summed E-state index contributed by atoms with van der Waals surface area (Å²) in [6.07, 6.45) is 1.14. The van der Waals surface area contributed by atoms with Gasteiger partial charge in [-0.25, -0.2) is 0 Å². The highest BCUT2D eigenvalue weighted by atomic mass is 79.9. The van der Waals surface area contributed by atoms with E-state index < -0.39 is 0 Å². The zero-order chi connectivity index (χ0) is 11.9. The van der Waals surface area contributed by atoms with Gasteiger partial charge in [-0.15, -0.1) is 0 Å². The van der Waals surface area contributed by atoms with Crippen LogP contribution in [0.5, 0.6) is 0 Å². The second-order valence-electron chi connectivity index (χ2n) is 3.91. The second kappa shape index (κ2) is 6.87. The number of rotatable bonds is 5. The fraction of sp³-hybridized carbons (Fsp3) is 0.200. The summed E-state index contributed by atoms with van der Waals surface area (Å²) in [5, 5.41) is 0. The Balaban J connectivity index is 1.71. The predicted molar refractivity (Wildman–Crippen MR) is 80.5 cm³/mol. The van der Waals surface area contributed by atoms with Crippen molar-refractivity contribution in [3.05, 3.63) is 70.2 Å². The van der Waals surface area contributed by atoms with Crippen LogP contribution >= 0.6 is 27.7 Å². The molecule has 0 saturated carbocycles. The molecule has 0 radical (unpaired) electrons. The molecule has 0 heterocycles. The van der Waals surface area contributed by atoms with Gasteiger partial charge in [-0.1, -0.05) is 58.4 Å². The monoisotopic (exact) mass is 306 g/mol. The average molecular weight is 307 g/mol. The summed E-state index contributed by atoms with van der Waals surface area (Å²) in [5.74, 6) is 2.29. The van der Waals surface area contributed by atoms with Crippen LogP contribution in [-0.4, -0.2) is 5.75 Å². The van der Waals surface area contributed by atoms with Crippen LogP contribution < -0.4 is 0 Å². The first-order chi connectivity index (χ1) is 8.34. The molecule has 0 N–H and O–H groups in total. The molecule has 0 spiro atoms. The number of benzene rings is 2. The van der Waals surface area contributed by atoms with Crippen molar-refractivity contribution >= 4 is 27.7 Å². The Morgan fingerprint density at radius 3 is 2.24 bits per heavy atom. The van der Waals surface area contributed by atoms with Crippen molar-refractivity contribution in [2.24, 2.45) is 0 Å². The van der Waals surface area contributed by atoms with Crippen LogP contribution in [-0.2, 0) is 12.2 Å². The first kappa shape index (κ1) is 12.7. The van der Waals surface area contributed by atoms with Gasteiger partial charge in [0.15, 0.2) is 0 Å². The van der Waals surface area contributed by atoms with E-state index in [0.29, 0.717) is 0 Å². The van der Waals surface area contributed by atoms with Crippen molar-refractivity contribution in [3.63, 3.8) is 0 Å². The molecule has 0 bridgehead atoms. The number of halogens is 1. The lowest BCUT2D eigenvalue weighted by molar-refractivity contribution is 1.15. The summed E-state index contributed by atoms with van der Waals surface area (Å²) >= 11 is 5.45. The number of hydrogen-bond acceptors (Lipinski definition) is 1. The summed E-state index contributed by atoms with van der Waals surface area (Å²) < 4.78 is 1.15. The van der Waals surface area contributed by atoms with Crippen LogP contribution in [0.2, 0.25) is 0 Å². The van der Waals surface area contributed by atoms with Gasteiger partial charge in [0, 0.05) is 10.2 Å². The van der Waals surface area contributed by atoms with Gasteiger partial charge in [0.05, 0.1) is 0 Å². The molecule has 0 amide bonds. The summed E-state index contributed by atoms with van der Waals surface area (Å²) in [4.78, 5) is 0. The lowest BCUT2D eigenvalue weighted by Crippen LogP contribution is -1.89. The van der Waals surface area contributed by atoms with E-state index in [-0.39, 0.29) is 0 Å². The summed E-state index contributed by atoms with van der Waals surface area (Å²) in [5.41, 5.74) is 2.82. The largest absolute Gasteiger partial charge is 0.157 e. The Labute approximate surface area is 116 Å². The van der Waals surface area contributed by atoms with E-state index in [1.165, 1.54) is 16.9 Å². The van der Waals surface area contributed by atoms with Gasteiger partial charge >= 0.3 is 0 Å². The van der Waals surface area contributed by atoms with Crippen molar-refractivity contribution in [2.75, 3.05) is 5.75 Å². The maximum Gasteiger partial charge on any atom is 0.0184 e. The zero-order valence-electron chi connectivity index (χ0n) is 9.60. The van der Waals surface area contributed by atoms with Gasteiger partial charge in [-0.3, -0.25) is 0 Å². The molecule has 2 rings (SSSR count). The van der Waals surface area contributed by atoms with E-state index in [0.717, 1.165) is 16.6 Å². The topological polar surface area (TPSA) is 0 Å². The fourth-order valence-corrected chi connectivity index (χ4v) is 2.82. The van der Waals surface area contributed by atoms with Gasteiger partial charge in [-0.2, -0.15) is 11.8 Å². The van der Waals surface area contributed by atoms with E-state index in [1.807, 2.05) is 11.8 Å². The lowest BCUT2D eigenvalue weighted by atomic mass is 10.2. The SMILES string of the molecule is Brc1ccc(CCSCc2ccccc2)cc1. The standard InChI is InChI=1S/C15H15BrS/c16-15-8-6-13(7-9-15)10-11-17-12-14-4-2-1-3-5-14/h1-9H,10-12H2. The fourth-order valence-electron chi connectivity index (χ4n) is 1.61. The maximum atomic E-state index is 3.45. The quantitative estimate of drug-likeness (QED) is 0.706. The minimum absolute atomic E-state index is 1.11. The van der Waals surface area contributed by atoms with Crippen molar-refractivity contribution in [2.45, 2.75) is 12.2 Å². The smallest absolute Gasteiger partial charge is 0.0184 e. The third kappa shape index (κ3) is 4.57. The first-order valence-electron chi connectivity index (χ1n) is 5.71. The Bertz CT molecular complexity index is 436. The van der Waals surface area contributed by atoms with Crippen LogP contribution in [0.1, 0.15) is 11.1 Å². The van der Waals surface area contributed by atoms with Gasteiger partial charge in [0.2, 0.25) is 0 Å². The maximum absolute atomic E-state index is 3.45. The Hall–Kier alpha value is -0.730. The van der Waals surface area contributed by atoms with Gasteiger partial charge < -0.3 is 0 Å². The molecule has 0 aromatic heterocycles. The van der Waals surface area contributed by atoms with Gasteiger partial charge in [0.1, 0.15) is 0 Å². The Morgan fingerprint density at radius 1 is 0.824 bits per heavy atom. The normalized spacial score (nSPS) is 10.4. The Kier molecular flexibility index (Phi) is 5.14. The first-order valence-corrected chi connectivity index (χ1v) is 7.65. The van der Waals surface area contributed by atoms with E-state index in [4.69, 9.17) is 0 Å². The lowest BCUT2D eigenvalue weighted by Gasteiger charge is -2.02. The van der Waals surface area contributed by atoms with Crippen molar-refractivity contribution in [1.29, 1.82) is 0 Å². The molecule has 0 atom stereocenters. The van der Waals surface area contributed by atoms with Crippen molar-refractivity contribution < 1.29 is 0 Å². The summed E-state index contributed by atoms with van der Waals surface area (Å²) in [6, 6.07) is 19.2. The zero-order valence-corrected chi connectivity index (χ0v) is 12.0. The van der Waals surface area contributed by atoms with Crippen LogP contribution in [0, 0.1) is 0 Å². The molecule has 2 aromatic rings. The number of aryl methyl sites for hydroxylation is 1. The molecule has 2 heteroatoms. The molecular weight excluding hydrogens is 292 g/mol. The molecule has 0 fully saturated rings. The van der Waals surface area contributed by atoms with Crippen LogP contribution in [0.4, 0.5) is 0 Å².